The zero-order valence-corrected chi connectivity index (χ0v) is 17.0. The number of benzene rings is 2. The quantitative estimate of drug-likeness (QED) is 0.374. The molecular weight excluding hydrogens is 382 g/mol. The normalized spacial score (nSPS) is 12.0. The number of esters is 1. The molecule has 30 heavy (non-hydrogen) atoms. The molecular formula is C23H23N3O4. The molecule has 0 aliphatic rings. The van der Waals surface area contributed by atoms with E-state index in [2.05, 4.69) is 10.5 Å². The molecule has 1 amide bonds. The molecule has 0 aliphatic heterocycles. The molecule has 7 nitrogen and oxygen atoms in total. The molecule has 3 rings (SSSR count). The smallest absolute Gasteiger partial charge is 0.337 e. The molecule has 0 saturated heterocycles. The van der Waals surface area contributed by atoms with Gasteiger partial charge >= 0.3 is 5.97 Å². The summed E-state index contributed by atoms with van der Waals surface area (Å²) < 4.78 is 6.74. The number of methoxy groups -OCH3 is 1. The number of aliphatic hydroxyl groups excluding tert-OH is 1. The van der Waals surface area contributed by atoms with Gasteiger partial charge in [-0.3, -0.25) is 4.79 Å². The van der Waals surface area contributed by atoms with Gasteiger partial charge in [-0.2, -0.15) is 5.10 Å². The third-order valence-electron chi connectivity index (χ3n) is 4.76. The molecule has 154 valence electrons. The van der Waals surface area contributed by atoms with Crippen LogP contribution in [0.15, 0.2) is 65.8 Å². The number of aromatic nitrogens is 1. The molecule has 7 heteroatoms. The number of carbonyl (C=O) groups is 2. The molecule has 0 unspecified atom stereocenters. The highest BCUT2D eigenvalue weighted by molar-refractivity contribution is 5.89. The van der Waals surface area contributed by atoms with Crippen molar-refractivity contribution in [2.75, 3.05) is 7.11 Å². The SMILES string of the molecule is COC(=O)c1ccc(-n2c(C)cc(/C=N\NC(=O)[C@H](O)c3ccccc3)c2C)cc1. The molecule has 0 saturated carbocycles. The predicted molar refractivity (Wildman–Crippen MR) is 114 cm³/mol. The van der Waals surface area contributed by atoms with Crippen molar-refractivity contribution in [1.29, 1.82) is 0 Å². The zero-order valence-electron chi connectivity index (χ0n) is 17.0. The van der Waals surface area contributed by atoms with Gasteiger partial charge in [0.25, 0.3) is 5.91 Å². The van der Waals surface area contributed by atoms with E-state index in [9.17, 15) is 14.7 Å². The minimum absolute atomic E-state index is 0.385. The number of aliphatic hydroxyl groups is 1. The van der Waals surface area contributed by atoms with Crippen LogP contribution in [-0.4, -0.2) is 34.9 Å². The van der Waals surface area contributed by atoms with E-state index in [-0.39, 0.29) is 5.97 Å². The van der Waals surface area contributed by atoms with Crippen LogP contribution in [0.5, 0.6) is 0 Å². The minimum Gasteiger partial charge on any atom is -0.465 e. The maximum Gasteiger partial charge on any atom is 0.337 e. The molecule has 2 aromatic carbocycles. The Kier molecular flexibility index (Phi) is 6.44. The second kappa shape index (κ2) is 9.19. The highest BCUT2D eigenvalue weighted by atomic mass is 16.5. The fourth-order valence-electron chi connectivity index (χ4n) is 3.19. The number of carbonyl (C=O) groups excluding carboxylic acids is 2. The van der Waals surface area contributed by atoms with Crippen LogP contribution in [0.1, 0.15) is 39.0 Å². The largest absolute Gasteiger partial charge is 0.465 e. The lowest BCUT2D eigenvalue weighted by Gasteiger charge is -2.10. The second-order valence-electron chi connectivity index (χ2n) is 6.75. The average Bonchev–Trinajstić information content (AvgIpc) is 3.06. The van der Waals surface area contributed by atoms with Gasteiger partial charge < -0.3 is 14.4 Å². The van der Waals surface area contributed by atoms with Crippen molar-refractivity contribution < 1.29 is 19.4 Å². The summed E-state index contributed by atoms with van der Waals surface area (Å²) in [5.41, 5.74) is 6.94. The number of hydrazone groups is 1. The van der Waals surface area contributed by atoms with Gasteiger partial charge in [0.05, 0.1) is 18.9 Å². The van der Waals surface area contributed by atoms with Gasteiger partial charge in [0.1, 0.15) is 0 Å². The first-order chi connectivity index (χ1) is 14.4. The monoisotopic (exact) mass is 405 g/mol. The number of nitrogens with one attached hydrogen (secondary N) is 1. The van der Waals surface area contributed by atoms with Gasteiger partial charge in [-0.1, -0.05) is 30.3 Å². The highest BCUT2D eigenvalue weighted by Crippen LogP contribution is 2.20. The minimum atomic E-state index is -1.29. The fraction of sp³-hybridized carbons (Fsp3) is 0.174. The van der Waals surface area contributed by atoms with E-state index >= 15 is 0 Å². The fourth-order valence-corrected chi connectivity index (χ4v) is 3.19. The number of aryl methyl sites for hydroxylation is 1. The van der Waals surface area contributed by atoms with E-state index in [4.69, 9.17) is 4.74 Å². The molecule has 0 spiro atoms. The molecule has 0 fully saturated rings. The molecule has 1 atom stereocenters. The van der Waals surface area contributed by atoms with Crippen molar-refractivity contribution in [3.05, 3.63) is 88.7 Å². The summed E-state index contributed by atoms with van der Waals surface area (Å²) >= 11 is 0. The van der Waals surface area contributed by atoms with E-state index in [0.29, 0.717) is 11.1 Å². The van der Waals surface area contributed by atoms with E-state index in [0.717, 1.165) is 22.6 Å². The number of nitrogens with zero attached hydrogens (tertiary/aromatic N) is 2. The number of amides is 1. The Labute approximate surface area is 174 Å². The molecule has 0 aliphatic carbocycles. The highest BCUT2D eigenvalue weighted by Gasteiger charge is 2.16. The average molecular weight is 405 g/mol. The standard InChI is InChI=1S/C23H23N3O4/c1-15-13-19(14-24-25-22(28)21(27)17-7-5-4-6-8-17)16(2)26(15)20-11-9-18(10-12-20)23(29)30-3/h4-14,21,27H,1-3H3,(H,25,28)/b24-14-/t21-/m1/s1. The van der Waals surface area contributed by atoms with Gasteiger partial charge in [0, 0.05) is 22.6 Å². The van der Waals surface area contributed by atoms with Gasteiger partial charge in [-0.05, 0) is 49.7 Å². The molecule has 0 radical (unpaired) electrons. The topological polar surface area (TPSA) is 92.9 Å². The summed E-state index contributed by atoms with van der Waals surface area (Å²) in [5, 5.41) is 14.1. The Morgan fingerprint density at radius 3 is 2.40 bits per heavy atom. The summed E-state index contributed by atoms with van der Waals surface area (Å²) in [6.07, 6.45) is 0.251. The first-order valence-corrected chi connectivity index (χ1v) is 9.36. The lowest BCUT2D eigenvalue weighted by molar-refractivity contribution is -0.129. The number of hydrogen-bond acceptors (Lipinski definition) is 5. The van der Waals surface area contributed by atoms with Crippen molar-refractivity contribution >= 4 is 18.1 Å². The van der Waals surface area contributed by atoms with Gasteiger partial charge in [0.15, 0.2) is 6.10 Å². The van der Waals surface area contributed by atoms with Crippen LogP contribution in [0.2, 0.25) is 0 Å². The Morgan fingerprint density at radius 2 is 1.77 bits per heavy atom. The summed E-state index contributed by atoms with van der Waals surface area (Å²) in [7, 11) is 1.35. The second-order valence-corrected chi connectivity index (χ2v) is 6.75. The van der Waals surface area contributed by atoms with Crippen LogP contribution >= 0.6 is 0 Å². The maximum atomic E-state index is 12.1. The Hall–Kier alpha value is -3.71. The van der Waals surface area contributed by atoms with Crippen LogP contribution < -0.4 is 5.43 Å². The first-order valence-electron chi connectivity index (χ1n) is 9.36. The van der Waals surface area contributed by atoms with Gasteiger partial charge in [-0.25, -0.2) is 10.2 Å². The Bertz CT molecular complexity index is 1070. The Morgan fingerprint density at radius 1 is 1.10 bits per heavy atom. The molecule has 0 bridgehead atoms. The van der Waals surface area contributed by atoms with Crippen LogP contribution in [0.4, 0.5) is 0 Å². The number of ether oxygens (including phenoxy) is 1. The first kappa shape index (κ1) is 21.0. The molecule has 1 heterocycles. The van der Waals surface area contributed by atoms with E-state index in [1.54, 1.807) is 36.4 Å². The molecule has 1 aromatic heterocycles. The van der Waals surface area contributed by atoms with Crippen molar-refractivity contribution in [3.63, 3.8) is 0 Å². The van der Waals surface area contributed by atoms with E-state index < -0.39 is 12.0 Å². The lowest BCUT2D eigenvalue weighted by Crippen LogP contribution is -2.25. The van der Waals surface area contributed by atoms with E-state index in [1.807, 2.05) is 42.7 Å². The van der Waals surface area contributed by atoms with Crippen molar-refractivity contribution in [3.8, 4) is 5.69 Å². The van der Waals surface area contributed by atoms with Gasteiger partial charge in [-0.15, -0.1) is 0 Å². The van der Waals surface area contributed by atoms with Crippen LogP contribution in [0.25, 0.3) is 5.69 Å². The maximum absolute atomic E-state index is 12.1. The number of rotatable bonds is 6. The molecule has 3 aromatic rings. The van der Waals surface area contributed by atoms with Crippen LogP contribution in [-0.2, 0) is 9.53 Å². The summed E-state index contributed by atoms with van der Waals surface area (Å²) in [6, 6.07) is 17.7. The van der Waals surface area contributed by atoms with Crippen molar-refractivity contribution in [2.24, 2.45) is 5.10 Å². The van der Waals surface area contributed by atoms with Gasteiger partial charge in [0.2, 0.25) is 0 Å². The Balaban J connectivity index is 1.74. The van der Waals surface area contributed by atoms with Crippen molar-refractivity contribution in [2.45, 2.75) is 20.0 Å². The van der Waals surface area contributed by atoms with E-state index in [1.165, 1.54) is 13.3 Å². The summed E-state index contributed by atoms with van der Waals surface area (Å²) in [5.74, 6) is -0.992. The third-order valence-corrected chi connectivity index (χ3v) is 4.76. The zero-order chi connectivity index (χ0) is 21.7. The van der Waals surface area contributed by atoms with Crippen LogP contribution in [0, 0.1) is 13.8 Å². The lowest BCUT2D eigenvalue weighted by atomic mass is 10.1. The third kappa shape index (κ3) is 4.47. The van der Waals surface area contributed by atoms with Crippen molar-refractivity contribution in [1.82, 2.24) is 9.99 Å². The summed E-state index contributed by atoms with van der Waals surface area (Å²) in [4.78, 5) is 23.7. The summed E-state index contributed by atoms with van der Waals surface area (Å²) in [6.45, 7) is 3.89. The molecule has 2 N–H and O–H groups in total. The number of hydrogen-bond donors (Lipinski definition) is 2. The predicted octanol–water partition coefficient (Wildman–Crippen LogP) is 3.06. The van der Waals surface area contributed by atoms with Crippen LogP contribution in [0.3, 0.4) is 0 Å².